The zero-order valence-electron chi connectivity index (χ0n) is 22.4. The highest BCUT2D eigenvalue weighted by atomic mass is 16.5. The molecular formula is C28H41NO8. The van der Waals surface area contributed by atoms with Gasteiger partial charge in [0.1, 0.15) is 18.3 Å². The second kappa shape index (κ2) is 14.3. The first-order valence-corrected chi connectivity index (χ1v) is 12.7. The molecular weight excluding hydrogens is 478 g/mol. The van der Waals surface area contributed by atoms with Gasteiger partial charge in [0.05, 0.1) is 30.8 Å². The number of rotatable bonds is 10. The SMILES string of the molecule is C=C1C[C@@H](CC(=O)O)O[C@H](/C=C/C(C)=C/C[C@@H]2O[C@H](C)[C@H](NC(=O)/C=C\C(C)OC(C)=O)C[C@@H]2C)[C@H]1O. The summed E-state index contributed by atoms with van der Waals surface area (Å²) < 4.78 is 16.9. The van der Waals surface area contributed by atoms with Gasteiger partial charge in [0.25, 0.3) is 0 Å². The van der Waals surface area contributed by atoms with E-state index in [1.165, 1.54) is 19.1 Å². The Kier molecular flexibility index (Phi) is 11.7. The van der Waals surface area contributed by atoms with Crippen molar-refractivity contribution in [2.45, 2.75) is 103 Å². The van der Waals surface area contributed by atoms with Crippen LogP contribution in [0.3, 0.4) is 0 Å². The molecule has 3 N–H and O–H groups in total. The van der Waals surface area contributed by atoms with Crippen LogP contribution in [0.15, 0.2) is 48.1 Å². The summed E-state index contributed by atoms with van der Waals surface area (Å²) in [6, 6.07) is -0.130. The van der Waals surface area contributed by atoms with Gasteiger partial charge in [-0.15, -0.1) is 0 Å². The molecule has 0 bridgehead atoms. The number of aliphatic hydroxyl groups excluding tert-OH is 1. The van der Waals surface area contributed by atoms with Crippen molar-refractivity contribution in [3.63, 3.8) is 0 Å². The number of amides is 1. The Balaban J connectivity index is 1.87. The Morgan fingerprint density at radius 2 is 1.92 bits per heavy atom. The number of ether oxygens (including phenoxy) is 3. The van der Waals surface area contributed by atoms with Gasteiger partial charge in [0.2, 0.25) is 5.91 Å². The number of carbonyl (C=O) groups excluding carboxylic acids is 2. The van der Waals surface area contributed by atoms with Crippen molar-refractivity contribution < 1.29 is 38.8 Å². The molecule has 0 saturated carbocycles. The summed E-state index contributed by atoms with van der Waals surface area (Å²) in [5.74, 6) is -1.40. The molecule has 9 nitrogen and oxygen atoms in total. The maximum Gasteiger partial charge on any atom is 0.305 e. The van der Waals surface area contributed by atoms with Crippen molar-refractivity contribution in [2.24, 2.45) is 5.92 Å². The number of carboxylic acids is 1. The molecule has 2 aliphatic rings. The topological polar surface area (TPSA) is 131 Å². The summed E-state index contributed by atoms with van der Waals surface area (Å²) in [6.45, 7) is 12.8. The van der Waals surface area contributed by atoms with E-state index in [0.29, 0.717) is 18.4 Å². The van der Waals surface area contributed by atoms with Crippen molar-refractivity contribution >= 4 is 17.8 Å². The van der Waals surface area contributed by atoms with Crippen LogP contribution in [-0.4, -0.2) is 70.7 Å². The molecule has 0 spiro atoms. The van der Waals surface area contributed by atoms with Crippen molar-refractivity contribution in [3.05, 3.63) is 48.1 Å². The maximum atomic E-state index is 12.3. The maximum absolute atomic E-state index is 12.3. The molecule has 2 rings (SSSR count). The van der Waals surface area contributed by atoms with E-state index in [9.17, 15) is 19.5 Å². The molecule has 9 heteroatoms. The molecule has 0 aromatic carbocycles. The highest BCUT2D eigenvalue weighted by molar-refractivity contribution is 5.87. The van der Waals surface area contributed by atoms with Crippen LogP contribution >= 0.6 is 0 Å². The molecule has 1 unspecified atom stereocenters. The Morgan fingerprint density at radius 1 is 1.22 bits per heavy atom. The van der Waals surface area contributed by atoms with Crippen LogP contribution in [0.2, 0.25) is 0 Å². The van der Waals surface area contributed by atoms with Crippen LogP contribution in [-0.2, 0) is 28.6 Å². The largest absolute Gasteiger partial charge is 0.481 e. The zero-order chi connectivity index (χ0) is 27.7. The van der Waals surface area contributed by atoms with E-state index in [2.05, 4.69) is 24.9 Å². The van der Waals surface area contributed by atoms with E-state index in [1.54, 1.807) is 13.0 Å². The minimum atomic E-state index is -0.948. The third-order valence-corrected chi connectivity index (χ3v) is 6.61. The molecule has 0 aliphatic carbocycles. The average Bonchev–Trinajstić information content (AvgIpc) is 2.79. The van der Waals surface area contributed by atoms with Gasteiger partial charge in [-0.05, 0) is 57.6 Å². The normalized spacial score (nSPS) is 31.9. The van der Waals surface area contributed by atoms with E-state index in [0.717, 1.165) is 12.0 Å². The number of esters is 1. The molecule has 2 heterocycles. The summed E-state index contributed by atoms with van der Waals surface area (Å²) in [4.78, 5) is 34.3. The quantitative estimate of drug-likeness (QED) is 0.174. The second-order valence-electron chi connectivity index (χ2n) is 10.1. The number of carbonyl (C=O) groups is 3. The summed E-state index contributed by atoms with van der Waals surface area (Å²) in [6.07, 6.45) is 7.53. The lowest BCUT2D eigenvalue weighted by atomic mass is 9.88. The fourth-order valence-electron chi connectivity index (χ4n) is 4.54. The number of hydrogen-bond acceptors (Lipinski definition) is 7. The van der Waals surface area contributed by atoms with Crippen LogP contribution in [0.4, 0.5) is 0 Å². The van der Waals surface area contributed by atoms with Crippen LogP contribution in [0, 0.1) is 5.92 Å². The number of aliphatic hydroxyl groups is 1. The van der Waals surface area contributed by atoms with Gasteiger partial charge in [-0.1, -0.05) is 37.3 Å². The third-order valence-electron chi connectivity index (χ3n) is 6.61. The van der Waals surface area contributed by atoms with E-state index in [4.69, 9.17) is 19.3 Å². The van der Waals surface area contributed by atoms with Gasteiger partial charge in [-0.25, -0.2) is 0 Å². The molecule has 37 heavy (non-hydrogen) atoms. The summed E-state index contributed by atoms with van der Waals surface area (Å²) >= 11 is 0. The highest BCUT2D eigenvalue weighted by Gasteiger charge is 2.34. The lowest BCUT2D eigenvalue weighted by molar-refractivity contribution is -0.144. The summed E-state index contributed by atoms with van der Waals surface area (Å²) in [5, 5.41) is 22.4. The molecule has 2 saturated heterocycles. The molecule has 0 aromatic rings. The van der Waals surface area contributed by atoms with Gasteiger partial charge < -0.3 is 29.7 Å². The zero-order valence-corrected chi connectivity index (χ0v) is 22.4. The minimum absolute atomic E-state index is 0.0118. The fraction of sp³-hybridized carbons (Fsp3) is 0.607. The molecule has 1 amide bonds. The monoisotopic (exact) mass is 519 g/mol. The Morgan fingerprint density at radius 3 is 2.57 bits per heavy atom. The number of allylic oxidation sites excluding steroid dienone is 2. The first kappa shape index (κ1) is 30.5. The molecule has 2 fully saturated rings. The molecule has 8 atom stereocenters. The first-order valence-electron chi connectivity index (χ1n) is 12.7. The summed E-state index contributed by atoms with van der Waals surface area (Å²) in [7, 11) is 0. The predicted molar refractivity (Wildman–Crippen MR) is 139 cm³/mol. The van der Waals surface area contributed by atoms with Gasteiger partial charge in [-0.2, -0.15) is 0 Å². The van der Waals surface area contributed by atoms with Crippen molar-refractivity contribution in [3.8, 4) is 0 Å². The highest BCUT2D eigenvalue weighted by Crippen LogP contribution is 2.29. The minimum Gasteiger partial charge on any atom is -0.481 e. The van der Waals surface area contributed by atoms with Crippen LogP contribution < -0.4 is 5.32 Å². The molecule has 0 radical (unpaired) electrons. The van der Waals surface area contributed by atoms with Crippen LogP contribution in [0.5, 0.6) is 0 Å². The smallest absolute Gasteiger partial charge is 0.305 e. The standard InChI is InChI=1S/C28H41NO8/c1-16(8-11-25-28(34)18(3)13-22(37-25)15-27(32)33)7-10-24-17(2)14-23(20(5)36-24)29-26(31)12-9-19(4)35-21(6)30/h7-9,11-12,17,19-20,22-25,28,34H,3,10,13-15H2,1-2,4-6H3,(H,29,31)(H,32,33)/b11-8+,12-9-,16-7+/t17-,19?,20+,22-,23+,24-,25+,28-/m0/s1. The fourth-order valence-corrected chi connectivity index (χ4v) is 4.54. The second-order valence-corrected chi connectivity index (χ2v) is 10.1. The number of nitrogens with one attached hydrogen (secondary N) is 1. The first-order chi connectivity index (χ1) is 17.3. The van der Waals surface area contributed by atoms with E-state index in [1.807, 2.05) is 19.9 Å². The number of carboxylic acid groups (broad SMARTS) is 1. The lowest BCUT2D eigenvalue weighted by Crippen LogP contribution is -2.50. The lowest BCUT2D eigenvalue weighted by Gasteiger charge is -2.39. The predicted octanol–water partition coefficient (Wildman–Crippen LogP) is 3.23. The number of hydrogen-bond donors (Lipinski definition) is 3. The molecule has 0 aromatic heterocycles. The Labute approximate surface area is 219 Å². The van der Waals surface area contributed by atoms with Gasteiger partial charge in [0, 0.05) is 13.0 Å². The average molecular weight is 520 g/mol. The van der Waals surface area contributed by atoms with E-state index in [-0.39, 0.29) is 36.5 Å². The van der Waals surface area contributed by atoms with E-state index >= 15 is 0 Å². The van der Waals surface area contributed by atoms with Crippen molar-refractivity contribution in [2.75, 3.05) is 0 Å². The van der Waals surface area contributed by atoms with Crippen LogP contribution in [0.25, 0.3) is 0 Å². The van der Waals surface area contributed by atoms with E-state index < -0.39 is 36.4 Å². The third kappa shape index (κ3) is 10.3. The Hall–Kier alpha value is -2.75. The molecule has 2 aliphatic heterocycles. The van der Waals surface area contributed by atoms with Crippen LogP contribution in [0.1, 0.15) is 60.3 Å². The Bertz CT molecular complexity index is 923. The molecule has 206 valence electrons. The van der Waals surface area contributed by atoms with Gasteiger partial charge in [0.15, 0.2) is 0 Å². The number of aliphatic carboxylic acids is 1. The van der Waals surface area contributed by atoms with Gasteiger partial charge >= 0.3 is 11.9 Å². The van der Waals surface area contributed by atoms with Crippen molar-refractivity contribution in [1.82, 2.24) is 5.32 Å². The van der Waals surface area contributed by atoms with Gasteiger partial charge in [-0.3, -0.25) is 14.4 Å². The summed E-state index contributed by atoms with van der Waals surface area (Å²) in [5.41, 5.74) is 1.54. The van der Waals surface area contributed by atoms with Crippen molar-refractivity contribution in [1.29, 1.82) is 0 Å².